The zero-order valence-electron chi connectivity index (χ0n) is 23.8. The van der Waals surface area contributed by atoms with Crippen molar-refractivity contribution in [2.24, 2.45) is 11.3 Å². The molecule has 1 aromatic carbocycles. The first-order chi connectivity index (χ1) is 19.1. The first-order valence-corrected chi connectivity index (χ1v) is 13.8. The molecule has 0 saturated carbocycles. The molecule has 9 nitrogen and oxygen atoms in total. The van der Waals surface area contributed by atoms with E-state index in [1.54, 1.807) is 10.6 Å². The molecular formula is C31H37N5O4. The molecule has 3 aromatic heterocycles. The van der Waals surface area contributed by atoms with E-state index in [1.807, 2.05) is 69.3 Å². The number of para-hydroxylation sites is 1. The number of fused-ring (bicyclic) bond motifs is 1. The van der Waals surface area contributed by atoms with Crippen molar-refractivity contribution in [1.29, 1.82) is 0 Å². The zero-order chi connectivity index (χ0) is 28.4. The number of aryl methyl sites for hydroxylation is 1. The quantitative estimate of drug-likeness (QED) is 0.262. The Labute approximate surface area is 234 Å². The van der Waals surface area contributed by atoms with Gasteiger partial charge in [0, 0.05) is 30.9 Å². The lowest BCUT2D eigenvalue weighted by atomic mass is 9.82. The second-order valence-corrected chi connectivity index (χ2v) is 11.6. The minimum Gasteiger partial charge on any atom is -0.479 e. The Morgan fingerprint density at radius 3 is 2.42 bits per heavy atom. The fraction of sp³-hybridized carbons (Fsp3) is 0.419. The third-order valence-electron chi connectivity index (χ3n) is 7.25. The maximum Gasteiger partial charge on any atom is 0.337 e. The summed E-state index contributed by atoms with van der Waals surface area (Å²) in [5.74, 6) is 1.02. The lowest BCUT2D eigenvalue weighted by Crippen LogP contribution is -2.39. The summed E-state index contributed by atoms with van der Waals surface area (Å²) in [6.45, 7) is 12.3. The van der Waals surface area contributed by atoms with Crippen LogP contribution in [0.3, 0.4) is 0 Å². The van der Waals surface area contributed by atoms with E-state index >= 15 is 0 Å². The van der Waals surface area contributed by atoms with Crippen molar-refractivity contribution < 1.29 is 19.4 Å². The van der Waals surface area contributed by atoms with Crippen molar-refractivity contribution in [3.8, 4) is 23.0 Å². The van der Waals surface area contributed by atoms with Gasteiger partial charge in [0.05, 0.1) is 17.9 Å². The third kappa shape index (κ3) is 5.94. The first-order valence-electron chi connectivity index (χ1n) is 13.8. The Kier molecular flexibility index (Phi) is 7.76. The highest BCUT2D eigenvalue weighted by Gasteiger charge is 2.34. The van der Waals surface area contributed by atoms with Gasteiger partial charge in [0.2, 0.25) is 5.88 Å². The van der Waals surface area contributed by atoms with Crippen molar-refractivity contribution >= 4 is 17.4 Å². The summed E-state index contributed by atoms with van der Waals surface area (Å²) < 4.78 is 13.7. The molecule has 0 spiro atoms. The van der Waals surface area contributed by atoms with E-state index in [2.05, 4.69) is 18.7 Å². The van der Waals surface area contributed by atoms with E-state index < -0.39 is 12.1 Å². The van der Waals surface area contributed by atoms with E-state index in [1.165, 1.54) is 0 Å². The van der Waals surface area contributed by atoms with Crippen molar-refractivity contribution in [2.75, 3.05) is 24.6 Å². The molecule has 0 amide bonds. The predicted molar refractivity (Wildman–Crippen MR) is 154 cm³/mol. The molecular weight excluding hydrogens is 506 g/mol. The standard InChI is InChI=1S/C31H37N5O4/c1-20(2)19-39-28(30(37)38)27-21(3)32-25-18-24(34-36(25)29(27)35-16-14-31(4,5)15-17-35)23-12-9-13-26(33-23)40-22-10-7-6-8-11-22/h6-13,18,20,28H,14-17,19H2,1-5H3,(H,37,38). The van der Waals surface area contributed by atoms with E-state index in [0.717, 1.165) is 31.7 Å². The van der Waals surface area contributed by atoms with Gasteiger partial charge in [0.1, 0.15) is 17.3 Å². The number of hydrogen-bond acceptors (Lipinski definition) is 7. The maximum atomic E-state index is 12.5. The minimum atomic E-state index is -1.15. The molecule has 0 radical (unpaired) electrons. The second-order valence-electron chi connectivity index (χ2n) is 11.6. The van der Waals surface area contributed by atoms with E-state index in [0.29, 0.717) is 46.5 Å². The molecule has 1 aliphatic rings. The lowest BCUT2D eigenvalue weighted by Gasteiger charge is -2.39. The minimum absolute atomic E-state index is 0.186. The van der Waals surface area contributed by atoms with Crippen molar-refractivity contribution in [2.45, 2.75) is 53.6 Å². The summed E-state index contributed by atoms with van der Waals surface area (Å²) in [7, 11) is 0. The Morgan fingerprint density at radius 1 is 1.02 bits per heavy atom. The van der Waals surface area contributed by atoms with Crippen LogP contribution in [-0.2, 0) is 9.53 Å². The van der Waals surface area contributed by atoms with E-state index in [4.69, 9.17) is 24.5 Å². The van der Waals surface area contributed by atoms with Gasteiger partial charge in [-0.3, -0.25) is 0 Å². The van der Waals surface area contributed by atoms with E-state index in [-0.39, 0.29) is 11.3 Å². The Hall–Kier alpha value is -3.98. The summed E-state index contributed by atoms with van der Waals surface area (Å²) >= 11 is 0. The van der Waals surface area contributed by atoms with Crippen LogP contribution in [0.2, 0.25) is 0 Å². The van der Waals surface area contributed by atoms with Crippen LogP contribution < -0.4 is 9.64 Å². The van der Waals surface area contributed by atoms with Crippen molar-refractivity contribution in [1.82, 2.24) is 19.6 Å². The van der Waals surface area contributed by atoms with Gasteiger partial charge in [-0.2, -0.15) is 9.61 Å². The van der Waals surface area contributed by atoms with Gasteiger partial charge in [-0.15, -0.1) is 0 Å². The zero-order valence-corrected chi connectivity index (χ0v) is 23.8. The van der Waals surface area contributed by atoms with Gasteiger partial charge in [-0.25, -0.2) is 14.8 Å². The van der Waals surface area contributed by atoms with Crippen LogP contribution in [0.5, 0.6) is 11.6 Å². The molecule has 0 bridgehead atoms. The van der Waals surface area contributed by atoms with Crippen LogP contribution in [0.4, 0.5) is 5.82 Å². The van der Waals surface area contributed by atoms with Crippen LogP contribution in [-0.4, -0.2) is 50.4 Å². The van der Waals surface area contributed by atoms with Crippen LogP contribution in [0.15, 0.2) is 54.6 Å². The Balaban J connectivity index is 1.61. The number of hydrogen-bond donors (Lipinski definition) is 1. The highest BCUT2D eigenvalue weighted by atomic mass is 16.5. The molecule has 1 saturated heterocycles. The van der Waals surface area contributed by atoms with E-state index in [9.17, 15) is 9.90 Å². The second kappa shape index (κ2) is 11.3. The third-order valence-corrected chi connectivity index (χ3v) is 7.25. The number of carbonyl (C=O) groups is 1. The molecule has 4 heterocycles. The van der Waals surface area contributed by atoms with Crippen molar-refractivity contribution in [3.05, 3.63) is 65.9 Å². The Morgan fingerprint density at radius 2 is 1.75 bits per heavy atom. The fourth-order valence-electron chi connectivity index (χ4n) is 4.97. The average Bonchev–Trinajstić information content (AvgIpc) is 3.33. The predicted octanol–water partition coefficient (Wildman–Crippen LogP) is 6.32. The van der Waals surface area contributed by atoms with Gasteiger partial charge in [-0.05, 0) is 49.3 Å². The molecule has 1 aliphatic heterocycles. The van der Waals surface area contributed by atoms with Gasteiger partial charge >= 0.3 is 5.97 Å². The average molecular weight is 544 g/mol. The molecule has 0 aliphatic carbocycles. The smallest absolute Gasteiger partial charge is 0.337 e. The number of ether oxygens (including phenoxy) is 2. The lowest BCUT2D eigenvalue weighted by molar-refractivity contribution is -0.151. The van der Waals surface area contributed by atoms with Gasteiger partial charge in [-0.1, -0.05) is 52.0 Å². The van der Waals surface area contributed by atoms with Crippen LogP contribution in [0.25, 0.3) is 17.0 Å². The Bertz CT molecular complexity index is 1490. The monoisotopic (exact) mass is 543 g/mol. The fourth-order valence-corrected chi connectivity index (χ4v) is 4.97. The summed E-state index contributed by atoms with van der Waals surface area (Å²) in [5, 5.41) is 15.2. The largest absolute Gasteiger partial charge is 0.479 e. The molecule has 1 fully saturated rings. The normalized spacial score (nSPS) is 15.9. The number of pyridine rings is 1. The van der Waals surface area contributed by atoms with Gasteiger partial charge in [0.25, 0.3) is 0 Å². The number of anilines is 1. The molecule has 1 unspecified atom stereocenters. The van der Waals surface area contributed by atoms with Crippen LogP contribution in [0.1, 0.15) is 57.9 Å². The molecule has 40 heavy (non-hydrogen) atoms. The number of rotatable bonds is 9. The molecule has 1 atom stereocenters. The highest BCUT2D eigenvalue weighted by molar-refractivity contribution is 5.78. The van der Waals surface area contributed by atoms with Crippen molar-refractivity contribution in [3.63, 3.8) is 0 Å². The summed E-state index contributed by atoms with van der Waals surface area (Å²) in [6.07, 6.45) is 0.806. The summed E-state index contributed by atoms with van der Waals surface area (Å²) in [4.78, 5) is 24.3. The van der Waals surface area contributed by atoms with Crippen LogP contribution in [0, 0.1) is 18.3 Å². The number of carboxylic acids is 1. The first kappa shape index (κ1) is 27.6. The number of carboxylic acid groups (broad SMARTS) is 1. The molecule has 5 rings (SSSR count). The highest BCUT2D eigenvalue weighted by Crippen LogP contribution is 2.38. The molecule has 210 valence electrons. The number of aromatic nitrogens is 4. The molecule has 4 aromatic rings. The topological polar surface area (TPSA) is 102 Å². The number of piperidine rings is 1. The number of benzene rings is 1. The van der Waals surface area contributed by atoms with Crippen LogP contribution >= 0.6 is 0 Å². The maximum absolute atomic E-state index is 12.5. The SMILES string of the molecule is Cc1nc2cc(-c3cccc(Oc4ccccc4)n3)nn2c(N2CCC(C)(C)CC2)c1C(OCC(C)C)C(=O)O. The molecule has 1 N–H and O–H groups in total. The number of nitrogens with zero attached hydrogens (tertiary/aromatic N) is 5. The van der Waals surface area contributed by atoms with Gasteiger partial charge < -0.3 is 19.5 Å². The summed E-state index contributed by atoms with van der Waals surface area (Å²) in [6, 6.07) is 16.9. The number of aliphatic carboxylic acids is 1. The van der Waals surface area contributed by atoms with Gasteiger partial charge in [0.15, 0.2) is 11.8 Å². The molecule has 9 heteroatoms. The summed E-state index contributed by atoms with van der Waals surface area (Å²) in [5.41, 5.74) is 3.26.